The first kappa shape index (κ1) is 30.9. The van der Waals surface area contributed by atoms with Gasteiger partial charge in [-0.15, -0.1) is 0 Å². The van der Waals surface area contributed by atoms with Gasteiger partial charge in [-0.3, -0.25) is 4.79 Å². The van der Waals surface area contributed by atoms with Crippen LogP contribution in [-0.4, -0.2) is 5.91 Å². The Morgan fingerprint density at radius 3 is 1.22 bits per heavy atom. The molecule has 0 aliphatic carbocycles. The molecule has 0 aromatic heterocycles. The second kappa shape index (κ2) is 26.2. The normalized spacial score (nSPS) is 11.3. The highest BCUT2D eigenvalue weighted by molar-refractivity contribution is 5.92. The van der Waals surface area contributed by atoms with Crippen molar-refractivity contribution in [3.8, 4) is 0 Å². The van der Waals surface area contributed by atoms with Gasteiger partial charge in [0.2, 0.25) is 5.91 Å². The van der Waals surface area contributed by atoms with Crippen molar-refractivity contribution in [1.29, 1.82) is 0 Å². The lowest BCUT2D eigenvalue weighted by Gasteiger charge is -2.04. The summed E-state index contributed by atoms with van der Waals surface area (Å²) >= 11 is 0. The first-order chi connectivity index (χ1) is 15.7. The molecule has 188 valence electrons. The molecule has 0 bridgehead atoms. The van der Waals surface area contributed by atoms with Crippen molar-refractivity contribution < 1.29 is 4.79 Å². The molecule has 0 aliphatic heterocycles. The second-order valence-corrected chi connectivity index (χ2v) is 9.87. The monoisotopic (exact) mass is 447 g/mol. The van der Waals surface area contributed by atoms with Crippen LogP contribution in [0.1, 0.15) is 162 Å². The van der Waals surface area contributed by atoms with Crippen molar-refractivity contribution in [2.75, 3.05) is 0 Å². The van der Waals surface area contributed by atoms with E-state index in [2.05, 4.69) is 24.9 Å². The lowest BCUT2D eigenvalue weighted by atomic mass is 10.0. The number of amides is 1. The first-order valence-corrected chi connectivity index (χ1v) is 14.3. The molecule has 0 saturated heterocycles. The third kappa shape index (κ3) is 25.2. The van der Waals surface area contributed by atoms with E-state index in [9.17, 15) is 4.79 Å². The number of nitrogens with one attached hydrogen (secondary N) is 1. The predicted octanol–water partition coefficient (Wildman–Crippen LogP) is 10.2. The van der Waals surface area contributed by atoms with E-state index in [-0.39, 0.29) is 5.91 Å². The fourth-order valence-corrected chi connectivity index (χ4v) is 4.21. The van der Waals surface area contributed by atoms with Crippen molar-refractivity contribution in [1.82, 2.24) is 5.32 Å². The fraction of sp³-hybridized carbons (Fsp3) is 0.833. The Kier molecular flexibility index (Phi) is 25.3. The molecule has 0 aromatic carbocycles. The standard InChI is InChI=1S/C30H57NO/c1-4-5-6-7-8-9-10-11-12-13-14-15-16-17-18-19-20-21-22-23-24-25-26-27-28-31-30(32)29(2)3/h27-28H,2,4-26H2,1,3H3,(H,31,32). The van der Waals surface area contributed by atoms with Gasteiger partial charge in [0.05, 0.1) is 0 Å². The number of hydrogen-bond acceptors (Lipinski definition) is 1. The molecule has 0 radical (unpaired) electrons. The average molecular weight is 448 g/mol. The Morgan fingerprint density at radius 2 is 0.906 bits per heavy atom. The number of unbranched alkanes of at least 4 members (excludes halogenated alkanes) is 22. The topological polar surface area (TPSA) is 29.1 Å². The molecule has 1 amide bonds. The van der Waals surface area contributed by atoms with Crippen molar-refractivity contribution in [2.45, 2.75) is 162 Å². The van der Waals surface area contributed by atoms with Crippen LogP contribution in [0.5, 0.6) is 0 Å². The third-order valence-electron chi connectivity index (χ3n) is 6.44. The zero-order chi connectivity index (χ0) is 23.5. The Bertz CT molecular complexity index is 440. The van der Waals surface area contributed by atoms with Gasteiger partial charge in [0.1, 0.15) is 0 Å². The fourth-order valence-electron chi connectivity index (χ4n) is 4.21. The van der Waals surface area contributed by atoms with E-state index in [1.165, 1.54) is 141 Å². The quantitative estimate of drug-likeness (QED) is 0.109. The SMILES string of the molecule is C=C(C)C(=O)NC=CCCCCCCCCCCCCCCCCCCCCCCCC. The summed E-state index contributed by atoms with van der Waals surface area (Å²) in [5.74, 6) is -0.0877. The minimum absolute atomic E-state index is 0.0877. The molecule has 0 spiro atoms. The Labute approximate surface area is 202 Å². The zero-order valence-corrected chi connectivity index (χ0v) is 22.0. The van der Waals surface area contributed by atoms with Crippen molar-refractivity contribution in [3.05, 3.63) is 24.4 Å². The molecule has 0 aliphatic rings. The van der Waals surface area contributed by atoms with E-state index in [0.717, 1.165) is 6.42 Å². The summed E-state index contributed by atoms with van der Waals surface area (Å²) in [6.07, 6.45) is 36.2. The Hall–Kier alpha value is -1.05. The molecular formula is C30H57NO. The third-order valence-corrected chi connectivity index (χ3v) is 6.44. The largest absolute Gasteiger partial charge is 0.329 e. The van der Waals surface area contributed by atoms with Crippen molar-refractivity contribution in [2.24, 2.45) is 0 Å². The summed E-state index contributed by atoms with van der Waals surface area (Å²) in [5.41, 5.74) is 0.555. The van der Waals surface area contributed by atoms with Gasteiger partial charge in [-0.05, 0) is 19.8 Å². The van der Waals surface area contributed by atoms with Crippen LogP contribution in [-0.2, 0) is 4.79 Å². The Balaban J connectivity index is 3.10. The maximum Gasteiger partial charge on any atom is 0.250 e. The number of rotatable bonds is 25. The van der Waals surface area contributed by atoms with E-state index in [4.69, 9.17) is 0 Å². The highest BCUT2D eigenvalue weighted by Gasteiger charge is 1.97. The molecule has 0 rings (SSSR count). The van der Waals surface area contributed by atoms with E-state index in [0.29, 0.717) is 5.57 Å². The summed E-state index contributed by atoms with van der Waals surface area (Å²) in [6.45, 7) is 7.64. The molecule has 1 N–H and O–H groups in total. The first-order valence-electron chi connectivity index (χ1n) is 14.3. The van der Waals surface area contributed by atoms with Gasteiger partial charge in [-0.1, -0.05) is 154 Å². The smallest absolute Gasteiger partial charge is 0.250 e. The van der Waals surface area contributed by atoms with E-state index in [1.54, 1.807) is 13.1 Å². The van der Waals surface area contributed by atoms with Crippen molar-refractivity contribution >= 4 is 5.91 Å². The maximum atomic E-state index is 11.3. The van der Waals surface area contributed by atoms with Gasteiger partial charge in [-0.25, -0.2) is 0 Å². The average Bonchev–Trinajstić information content (AvgIpc) is 2.78. The minimum Gasteiger partial charge on any atom is -0.329 e. The van der Waals surface area contributed by atoms with Gasteiger partial charge in [0.15, 0.2) is 0 Å². The van der Waals surface area contributed by atoms with Gasteiger partial charge in [0.25, 0.3) is 0 Å². The van der Waals surface area contributed by atoms with Crippen LogP contribution in [0.4, 0.5) is 0 Å². The van der Waals surface area contributed by atoms with E-state index in [1.807, 2.05) is 0 Å². The maximum absolute atomic E-state index is 11.3. The van der Waals surface area contributed by atoms with Crippen LogP contribution in [0.15, 0.2) is 24.4 Å². The second-order valence-electron chi connectivity index (χ2n) is 9.87. The molecular weight excluding hydrogens is 390 g/mol. The number of carbonyl (C=O) groups is 1. The van der Waals surface area contributed by atoms with Crippen LogP contribution >= 0.6 is 0 Å². The highest BCUT2D eigenvalue weighted by atomic mass is 16.1. The van der Waals surface area contributed by atoms with Gasteiger partial charge < -0.3 is 5.32 Å². The molecule has 2 heteroatoms. The summed E-state index contributed by atoms with van der Waals surface area (Å²) in [7, 11) is 0. The molecule has 0 heterocycles. The summed E-state index contributed by atoms with van der Waals surface area (Å²) in [4.78, 5) is 11.3. The molecule has 0 unspecified atom stereocenters. The lowest BCUT2D eigenvalue weighted by Crippen LogP contribution is -2.16. The predicted molar refractivity (Wildman–Crippen MR) is 144 cm³/mol. The van der Waals surface area contributed by atoms with Crippen molar-refractivity contribution in [3.63, 3.8) is 0 Å². The number of carbonyl (C=O) groups excluding carboxylic acids is 1. The number of allylic oxidation sites excluding steroid dienone is 1. The van der Waals surface area contributed by atoms with Crippen LogP contribution in [0, 0.1) is 0 Å². The zero-order valence-electron chi connectivity index (χ0n) is 22.0. The molecule has 2 nitrogen and oxygen atoms in total. The van der Waals surface area contributed by atoms with E-state index >= 15 is 0 Å². The summed E-state index contributed by atoms with van der Waals surface area (Å²) < 4.78 is 0. The minimum atomic E-state index is -0.0877. The molecule has 32 heavy (non-hydrogen) atoms. The van der Waals surface area contributed by atoms with Crippen LogP contribution in [0.25, 0.3) is 0 Å². The van der Waals surface area contributed by atoms with E-state index < -0.39 is 0 Å². The van der Waals surface area contributed by atoms with Crippen LogP contribution in [0.2, 0.25) is 0 Å². The van der Waals surface area contributed by atoms with Gasteiger partial charge in [0, 0.05) is 11.8 Å². The Morgan fingerprint density at radius 1 is 0.594 bits per heavy atom. The molecule has 0 atom stereocenters. The molecule has 0 fully saturated rings. The van der Waals surface area contributed by atoms with Gasteiger partial charge in [-0.2, -0.15) is 0 Å². The summed E-state index contributed by atoms with van der Waals surface area (Å²) in [5, 5.41) is 2.73. The summed E-state index contributed by atoms with van der Waals surface area (Å²) in [6, 6.07) is 0. The van der Waals surface area contributed by atoms with Gasteiger partial charge >= 0.3 is 0 Å². The lowest BCUT2D eigenvalue weighted by molar-refractivity contribution is -0.116. The van der Waals surface area contributed by atoms with Crippen LogP contribution in [0.3, 0.4) is 0 Å². The molecule has 0 saturated carbocycles. The highest BCUT2D eigenvalue weighted by Crippen LogP contribution is 2.15. The molecule has 0 aromatic rings. The van der Waals surface area contributed by atoms with Crippen LogP contribution < -0.4 is 5.32 Å². The number of hydrogen-bond donors (Lipinski definition) is 1.